The average molecular weight is 339 g/mol. The fourth-order valence-corrected chi connectivity index (χ4v) is 2.04. The lowest BCUT2D eigenvalue weighted by Crippen LogP contribution is -2.12. The van der Waals surface area contributed by atoms with Gasteiger partial charge in [-0.25, -0.2) is 4.79 Å². The van der Waals surface area contributed by atoms with E-state index < -0.39 is 0 Å². The van der Waals surface area contributed by atoms with Gasteiger partial charge >= 0.3 is 5.97 Å². The zero-order chi connectivity index (χ0) is 18.2. The van der Waals surface area contributed by atoms with Crippen molar-refractivity contribution >= 4 is 17.6 Å². The fourth-order valence-electron chi connectivity index (χ4n) is 2.04. The van der Waals surface area contributed by atoms with Gasteiger partial charge in [-0.1, -0.05) is 12.6 Å². The Kier molecular flexibility index (Phi) is 6.34. The van der Waals surface area contributed by atoms with Crippen LogP contribution in [0, 0.1) is 0 Å². The van der Waals surface area contributed by atoms with Crippen molar-refractivity contribution in [2.75, 3.05) is 18.5 Å². The Morgan fingerprint density at radius 1 is 1.08 bits per heavy atom. The van der Waals surface area contributed by atoms with Gasteiger partial charge < -0.3 is 14.8 Å². The molecule has 0 unspecified atom stereocenters. The SMILES string of the molecule is C=C(C)COc1cccc(C(=O)Nc2ccc(C(=O)OCC)cc2)c1. The molecule has 1 N–H and O–H groups in total. The molecule has 130 valence electrons. The first-order valence-electron chi connectivity index (χ1n) is 7.95. The minimum atomic E-state index is -0.386. The number of ether oxygens (including phenoxy) is 2. The molecule has 0 bridgehead atoms. The van der Waals surface area contributed by atoms with Gasteiger partial charge in [-0.3, -0.25) is 4.79 Å². The van der Waals surface area contributed by atoms with E-state index in [2.05, 4.69) is 11.9 Å². The molecule has 0 radical (unpaired) electrons. The lowest BCUT2D eigenvalue weighted by atomic mass is 10.1. The molecule has 0 aliphatic carbocycles. The van der Waals surface area contributed by atoms with Crippen LogP contribution in [0.1, 0.15) is 34.6 Å². The summed E-state index contributed by atoms with van der Waals surface area (Å²) in [5.74, 6) is -0.0410. The topological polar surface area (TPSA) is 64.6 Å². The normalized spacial score (nSPS) is 10.0. The van der Waals surface area contributed by atoms with Gasteiger partial charge in [0.2, 0.25) is 0 Å². The third-order valence-electron chi connectivity index (χ3n) is 3.24. The van der Waals surface area contributed by atoms with Gasteiger partial charge in [0, 0.05) is 11.3 Å². The summed E-state index contributed by atoms with van der Waals surface area (Å²) in [4.78, 5) is 24.0. The van der Waals surface area contributed by atoms with E-state index in [1.54, 1.807) is 55.5 Å². The smallest absolute Gasteiger partial charge is 0.338 e. The first kappa shape index (κ1) is 18.3. The molecule has 0 aliphatic rings. The first-order valence-corrected chi connectivity index (χ1v) is 7.95. The summed E-state index contributed by atoms with van der Waals surface area (Å²) in [5, 5.41) is 2.78. The molecule has 0 aromatic heterocycles. The number of rotatable bonds is 7. The van der Waals surface area contributed by atoms with Crippen molar-refractivity contribution in [1.82, 2.24) is 0 Å². The predicted molar refractivity (Wildman–Crippen MR) is 97.1 cm³/mol. The van der Waals surface area contributed by atoms with Crippen LogP contribution in [0.25, 0.3) is 0 Å². The number of carbonyl (C=O) groups excluding carboxylic acids is 2. The molecule has 25 heavy (non-hydrogen) atoms. The Morgan fingerprint density at radius 3 is 2.44 bits per heavy atom. The van der Waals surface area contributed by atoms with Gasteiger partial charge in [0.15, 0.2) is 0 Å². The molecule has 0 aliphatic heterocycles. The Hall–Kier alpha value is -3.08. The van der Waals surface area contributed by atoms with Crippen LogP contribution >= 0.6 is 0 Å². The van der Waals surface area contributed by atoms with Crippen molar-refractivity contribution in [3.63, 3.8) is 0 Å². The summed E-state index contributed by atoms with van der Waals surface area (Å²) in [6.07, 6.45) is 0. The number of hydrogen-bond acceptors (Lipinski definition) is 4. The van der Waals surface area contributed by atoms with E-state index in [1.165, 1.54) is 0 Å². The van der Waals surface area contributed by atoms with Crippen molar-refractivity contribution in [1.29, 1.82) is 0 Å². The quantitative estimate of drug-likeness (QED) is 0.610. The minimum absolute atomic E-state index is 0.260. The maximum Gasteiger partial charge on any atom is 0.338 e. The second kappa shape index (κ2) is 8.68. The largest absolute Gasteiger partial charge is 0.489 e. The van der Waals surface area contributed by atoms with Crippen LogP contribution in [0.3, 0.4) is 0 Å². The Bertz CT molecular complexity index is 766. The van der Waals surface area contributed by atoms with Gasteiger partial charge in [0.25, 0.3) is 5.91 Å². The molecule has 0 fully saturated rings. The maximum absolute atomic E-state index is 12.3. The van der Waals surface area contributed by atoms with Crippen molar-refractivity contribution in [2.24, 2.45) is 0 Å². The number of anilines is 1. The third-order valence-corrected chi connectivity index (χ3v) is 3.24. The van der Waals surface area contributed by atoms with E-state index in [-0.39, 0.29) is 11.9 Å². The molecule has 0 saturated carbocycles. The summed E-state index contributed by atoms with van der Waals surface area (Å²) >= 11 is 0. The van der Waals surface area contributed by atoms with Crippen LogP contribution in [0.4, 0.5) is 5.69 Å². The molecule has 5 heteroatoms. The van der Waals surface area contributed by atoms with E-state index in [4.69, 9.17) is 9.47 Å². The zero-order valence-corrected chi connectivity index (χ0v) is 14.4. The maximum atomic E-state index is 12.3. The molecule has 0 heterocycles. The van der Waals surface area contributed by atoms with Gasteiger partial charge in [-0.05, 0) is 61.9 Å². The van der Waals surface area contributed by atoms with Crippen LogP contribution in [0.5, 0.6) is 5.75 Å². The molecule has 2 aromatic rings. The summed E-state index contributed by atoms with van der Waals surface area (Å²) in [7, 11) is 0. The Morgan fingerprint density at radius 2 is 1.80 bits per heavy atom. The van der Waals surface area contributed by atoms with Crippen molar-refractivity contribution in [3.05, 3.63) is 71.8 Å². The lowest BCUT2D eigenvalue weighted by molar-refractivity contribution is 0.0526. The van der Waals surface area contributed by atoms with Gasteiger partial charge in [-0.2, -0.15) is 0 Å². The van der Waals surface area contributed by atoms with E-state index >= 15 is 0 Å². The van der Waals surface area contributed by atoms with Gasteiger partial charge in [-0.15, -0.1) is 0 Å². The highest BCUT2D eigenvalue weighted by molar-refractivity contribution is 6.04. The standard InChI is InChI=1S/C20H21NO4/c1-4-24-20(23)15-8-10-17(11-9-15)21-19(22)16-6-5-7-18(12-16)25-13-14(2)3/h5-12H,2,4,13H2,1,3H3,(H,21,22). The number of esters is 1. The second-order valence-corrected chi connectivity index (χ2v) is 5.53. The number of carbonyl (C=O) groups is 2. The molecule has 2 rings (SSSR count). The summed E-state index contributed by atoms with van der Waals surface area (Å²) < 4.78 is 10.5. The first-order chi connectivity index (χ1) is 12.0. The van der Waals surface area contributed by atoms with Crippen LogP contribution in [0.15, 0.2) is 60.7 Å². The summed E-state index contributed by atoms with van der Waals surface area (Å²) in [6.45, 7) is 8.12. The van der Waals surface area contributed by atoms with Crippen molar-refractivity contribution in [3.8, 4) is 5.75 Å². The highest BCUT2D eigenvalue weighted by atomic mass is 16.5. The minimum Gasteiger partial charge on any atom is -0.489 e. The second-order valence-electron chi connectivity index (χ2n) is 5.53. The summed E-state index contributed by atoms with van der Waals surface area (Å²) in [6, 6.07) is 13.5. The van der Waals surface area contributed by atoms with Gasteiger partial charge in [0.1, 0.15) is 12.4 Å². The molecule has 0 spiro atoms. The monoisotopic (exact) mass is 339 g/mol. The average Bonchev–Trinajstić information content (AvgIpc) is 2.61. The molecule has 0 atom stereocenters. The van der Waals surface area contributed by atoms with Crippen molar-refractivity contribution in [2.45, 2.75) is 13.8 Å². The Balaban J connectivity index is 2.03. The third kappa shape index (κ3) is 5.49. The predicted octanol–water partition coefficient (Wildman–Crippen LogP) is 4.07. The highest BCUT2D eigenvalue weighted by Crippen LogP contribution is 2.16. The van der Waals surface area contributed by atoms with E-state index in [0.29, 0.717) is 35.8 Å². The van der Waals surface area contributed by atoms with Crippen LogP contribution in [-0.2, 0) is 4.74 Å². The summed E-state index contributed by atoms with van der Waals surface area (Å²) in [5.41, 5.74) is 2.41. The van der Waals surface area contributed by atoms with E-state index in [1.807, 2.05) is 6.92 Å². The molecular formula is C20H21NO4. The van der Waals surface area contributed by atoms with Crippen molar-refractivity contribution < 1.29 is 19.1 Å². The number of benzene rings is 2. The fraction of sp³-hybridized carbons (Fsp3) is 0.200. The van der Waals surface area contributed by atoms with Gasteiger partial charge in [0.05, 0.1) is 12.2 Å². The van der Waals surface area contributed by atoms with Crippen LogP contribution in [-0.4, -0.2) is 25.1 Å². The molecular weight excluding hydrogens is 318 g/mol. The highest BCUT2D eigenvalue weighted by Gasteiger charge is 2.09. The van der Waals surface area contributed by atoms with Crippen LogP contribution in [0.2, 0.25) is 0 Å². The number of nitrogens with one attached hydrogen (secondary N) is 1. The molecule has 5 nitrogen and oxygen atoms in total. The molecule has 1 amide bonds. The lowest BCUT2D eigenvalue weighted by Gasteiger charge is -2.09. The molecule has 2 aromatic carbocycles. The molecule has 0 saturated heterocycles. The number of amides is 1. The number of hydrogen-bond donors (Lipinski definition) is 1. The van der Waals surface area contributed by atoms with E-state index in [0.717, 1.165) is 5.57 Å². The zero-order valence-electron chi connectivity index (χ0n) is 14.4. The van der Waals surface area contributed by atoms with E-state index in [9.17, 15) is 9.59 Å². The Labute approximate surface area is 147 Å². The van der Waals surface area contributed by atoms with Crippen LogP contribution < -0.4 is 10.1 Å².